The Morgan fingerprint density at radius 1 is 1.62 bits per heavy atom. The van der Waals surface area contributed by atoms with Gasteiger partial charge < -0.3 is 15.6 Å². The highest BCUT2D eigenvalue weighted by Crippen LogP contribution is 2.26. The molecule has 0 bridgehead atoms. The number of hydrogen-bond donors (Lipinski definition) is 2. The van der Waals surface area contributed by atoms with Crippen LogP contribution in [0, 0.1) is 3.57 Å². The first-order valence-corrected chi connectivity index (χ1v) is 4.50. The molecule has 0 unspecified atom stereocenters. The van der Waals surface area contributed by atoms with Crippen molar-refractivity contribution in [3.05, 3.63) is 21.3 Å². The van der Waals surface area contributed by atoms with Crippen LogP contribution in [0.4, 0.5) is 5.69 Å². The SMILES string of the molecule is COc1cc(N)c(C(=O)O)cc1I. The number of nitrogen functional groups attached to an aromatic ring is 1. The largest absolute Gasteiger partial charge is 0.496 e. The molecule has 4 nitrogen and oxygen atoms in total. The van der Waals surface area contributed by atoms with Gasteiger partial charge in [0.2, 0.25) is 0 Å². The van der Waals surface area contributed by atoms with E-state index in [2.05, 4.69) is 0 Å². The zero-order valence-electron chi connectivity index (χ0n) is 6.87. The van der Waals surface area contributed by atoms with Crippen LogP contribution in [0.25, 0.3) is 0 Å². The molecular weight excluding hydrogens is 285 g/mol. The summed E-state index contributed by atoms with van der Waals surface area (Å²) >= 11 is 1.99. The number of rotatable bonds is 2. The van der Waals surface area contributed by atoms with E-state index < -0.39 is 5.97 Å². The van der Waals surface area contributed by atoms with Crippen molar-refractivity contribution in [2.24, 2.45) is 0 Å². The second-order valence-corrected chi connectivity index (χ2v) is 3.54. The number of aromatic carboxylic acids is 1. The summed E-state index contributed by atoms with van der Waals surface area (Å²) in [5.41, 5.74) is 5.82. The summed E-state index contributed by atoms with van der Waals surface area (Å²) in [4.78, 5) is 10.6. The van der Waals surface area contributed by atoms with Crippen molar-refractivity contribution in [1.29, 1.82) is 0 Å². The molecule has 1 aromatic carbocycles. The molecule has 3 N–H and O–H groups in total. The number of nitrogens with two attached hydrogens (primary N) is 1. The van der Waals surface area contributed by atoms with Gasteiger partial charge in [-0.3, -0.25) is 0 Å². The van der Waals surface area contributed by atoms with E-state index in [0.29, 0.717) is 5.75 Å². The first-order valence-electron chi connectivity index (χ1n) is 3.42. The molecule has 0 aliphatic carbocycles. The third-order valence-corrected chi connectivity index (χ3v) is 2.40. The average Bonchev–Trinajstić information content (AvgIpc) is 2.07. The van der Waals surface area contributed by atoms with Gasteiger partial charge in [0.1, 0.15) is 5.75 Å². The number of hydrogen-bond acceptors (Lipinski definition) is 3. The van der Waals surface area contributed by atoms with Gasteiger partial charge in [-0.1, -0.05) is 0 Å². The first kappa shape index (κ1) is 10.1. The predicted molar refractivity (Wildman–Crippen MR) is 57.1 cm³/mol. The zero-order chi connectivity index (χ0) is 10.0. The molecule has 0 fully saturated rings. The molecule has 13 heavy (non-hydrogen) atoms. The Bertz CT molecular complexity index is 351. The molecule has 0 spiro atoms. The van der Waals surface area contributed by atoms with Crippen LogP contribution in [0.15, 0.2) is 12.1 Å². The first-order chi connectivity index (χ1) is 6.06. The minimum Gasteiger partial charge on any atom is -0.496 e. The highest BCUT2D eigenvalue weighted by molar-refractivity contribution is 14.1. The lowest BCUT2D eigenvalue weighted by molar-refractivity contribution is 0.0698. The van der Waals surface area contributed by atoms with Crippen molar-refractivity contribution in [1.82, 2.24) is 0 Å². The minimum absolute atomic E-state index is 0.102. The quantitative estimate of drug-likeness (QED) is 0.641. The topological polar surface area (TPSA) is 72.5 Å². The number of carboxylic acid groups (broad SMARTS) is 1. The fraction of sp³-hybridized carbons (Fsp3) is 0.125. The van der Waals surface area contributed by atoms with Crippen LogP contribution in [0.3, 0.4) is 0 Å². The van der Waals surface area contributed by atoms with E-state index in [-0.39, 0.29) is 11.3 Å². The summed E-state index contributed by atoms with van der Waals surface area (Å²) in [6.45, 7) is 0. The van der Waals surface area contributed by atoms with Gasteiger partial charge in [0, 0.05) is 11.8 Å². The minimum atomic E-state index is -1.03. The Kier molecular flexibility index (Phi) is 2.97. The maximum atomic E-state index is 10.6. The third kappa shape index (κ3) is 2.03. The summed E-state index contributed by atoms with van der Waals surface area (Å²) in [7, 11) is 1.51. The van der Waals surface area contributed by atoms with Crippen LogP contribution in [0.1, 0.15) is 10.4 Å². The van der Waals surface area contributed by atoms with Crippen LogP contribution in [-0.2, 0) is 0 Å². The van der Waals surface area contributed by atoms with E-state index in [4.69, 9.17) is 15.6 Å². The number of carbonyl (C=O) groups is 1. The van der Waals surface area contributed by atoms with Crippen molar-refractivity contribution in [2.75, 3.05) is 12.8 Å². The van der Waals surface area contributed by atoms with Crippen LogP contribution in [-0.4, -0.2) is 18.2 Å². The highest BCUT2D eigenvalue weighted by atomic mass is 127. The van der Waals surface area contributed by atoms with Gasteiger partial charge >= 0.3 is 5.97 Å². The molecule has 0 heterocycles. The Morgan fingerprint density at radius 2 is 2.23 bits per heavy atom. The third-order valence-electron chi connectivity index (χ3n) is 1.55. The molecule has 0 radical (unpaired) electrons. The van der Waals surface area contributed by atoms with Crippen molar-refractivity contribution in [2.45, 2.75) is 0 Å². The molecule has 0 aliphatic rings. The van der Waals surface area contributed by atoms with Gasteiger partial charge in [0.25, 0.3) is 0 Å². The average molecular weight is 293 g/mol. The van der Waals surface area contributed by atoms with Gasteiger partial charge in [-0.15, -0.1) is 0 Å². The molecule has 0 saturated heterocycles. The van der Waals surface area contributed by atoms with Crippen LogP contribution in [0.5, 0.6) is 5.75 Å². The number of methoxy groups -OCH3 is 1. The molecule has 70 valence electrons. The van der Waals surface area contributed by atoms with Crippen molar-refractivity contribution >= 4 is 34.2 Å². The van der Waals surface area contributed by atoms with Crippen molar-refractivity contribution in [3.8, 4) is 5.75 Å². The smallest absolute Gasteiger partial charge is 0.337 e. The summed E-state index contributed by atoms with van der Waals surface area (Å²) in [5.74, 6) is -0.443. The molecule has 0 saturated carbocycles. The Morgan fingerprint density at radius 3 is 2.69 bits per heavy atom. The second kappa shape index (κ2) is 3.82. The van der Waals surface area contributed by atoms with Gasteiger partial charge in [-0.25, -0.2) is 4.79 Å². The highest BCUT2D eigenvalue weighted by Gasteiger charge is 2.11. The molecule has 0 aliphatic heterocycles. The second-order valence-electron chi connectivity index (χ2n) is 2.38. The molecule has 1 rings (SSSR count). The fourth-order valence-electron chi connectivity index (χ4n) is 0.911. The summed E-state index contributed by atoms with van der Waals surface area (Å²) in [5, 5.41) is 8.73. The van der Waals surface area contributed by atoms with Gasteiger partial charge in [0.05, 0.1) is 16.2 Å². The lowest BCUT2D eigenvalue weighted by Crippen LogP contribution is -2.03. The maximum Gasteiger partial charge on any atom is 0.337 e. The lowest BCUT2D eigenvalue weighted by Gasteiger charge is -2.06. The summed E-state index contributed by atoms with van der Waals surface area (Å²) < 4.78 is 5.71. The van der Waals surface area contributed by atoms with Gasteiger partial charge in [-0.2, -0.15) is 0 Å². The van der Waals surface area contributed by atoms with E-state index in [0.717, 1.165) is 3.57 Å². The molecule has 0 aromatic heterocycles. The monoisotopic (exact) mass is 293 g/mol. The number of benzene rings is 1. The molecule has 0 amide bonds. The lowest BCUT2D eigenvalue weighted by atomic mass is 10.2. The van der Waals surface area contributed by atoms with E-state index in [1.165, 1.54) is 19.2 Å². The van der Waals surface area contributed by atoms with E-state index >= 15 is 0 Å². The van der Waals surface area contributed by atoms with E-state index in [1.54, 1.807) is 0 Å². The molecular formula is C8H8INO3. The van der Waals surface area contributed by atoms with Crippen LogP contribution in [0.2, 0.25) is 0 Å². The fourth-order valence-corrected chi connectivity index (χ4v) is 1.60. The summed E-state index contributed by atoms with van der Waals surface area (Å²) in [6.07, 6.45) is 0. The number of carboxylic acids is 1. The van der Waals surface area contributed by atoms with Crippen LogP contribution >= 0.6 is 22.6 Å². The molecule has 0 atom stereocenters. The van der Waals surface area contributed by atoms with Gasteiger partial charge in [-0.05, 0) is 28.7 Å². The zero-order valence-corrected chi connectivity index (χ0v) is 9.03. The van der Waals surface area contributed by atoms with E-state index in [9.17, 15) is 4.79 Å². The maximum absolute atomic E-state index is 10.6. The number of halogens is 1. The summed E-state index contributed by atoms with van der Waals surface area (Å²) in [6, 6.07) is 2.99. The Hall–Kier alpha value is -0.980. The van der Waals surface area contributed by atoms with Gasteiger partial charge in [0.15, 0.2) is 0 Å². The standard InChI is InChI=1S/C8H8INO3/c1-13-7-3-6(10)4(8(11)12)2-5(7)9/h2-3H,10H2,1H3,(H,11,12). The number of ether oxygens (including phenoxy) is 1. The van der Waals surface area contributed by atoms with Crippen molar-refractivity contribution < 1.29 is 14.6 Å². The van der Waals surface area contributed by atoms with Crippen molar-refractivity contribution in [3.63, 3.8) is 0 Å². The van der Waals surface area contributed by atoms with E-state index in [1.807, 2.05) is 22.6 Å². The van der Waals surface area contributed by atoms with Crippen LogP contribution < -0.4 is 10.5 Å². The molecule has 5 heteroatoms. The predicted octanol–water partition coefficient (Wildman–Crippen LogP) is 1.58. The normalized spacial score (nSPS) is 9.69. The Balaban J connectivity index is 3.28. The number of anilines is 1. The Labute approximate surface area is 88.8 Å². The molecule has 1 aromatic rings.